The molecule has 26 heavy (non-hydrogen) atoms. The summed E-state index contributed by atoms with van der Waals surface area (Å²) in [6, 6.07) is 7.20. The monoisotopic (exact) mass is 378 g/mol. The summed E-state index contributed by atoms with van der Waals surface area (Å²) in [4.78, 5) is 2.80. The van der Waals surface area contributed by atoms with Gasteiger partial charge in [-0.3, -0.25) is 0 Å². The highest BCUT2D eigenvalue weighted by Gasteiger charge is 2.58. The molecule has 1 aromatic carbocycles. The first-order chi connectivity index (χ1) is 12.2. The molecule has 4 rings (SSSR count). The lowest BCUT2D eigenvalue weighted by atomic mass is 9.45. The van der Waals surface area contributed by atoms with E-state index in [0.717, 1.165) is 44.0 Å². The molecule has 4 atom stereocenters. The molecule has 4 nitrogen and oxygen atoms in total. The Kier molecular flexibility index (Phi) is 5.53. The van der Waals surface area contributed by atoms with Crippen molar-refractivity contribution in [3.63, 3.8) is 0 Å². The van der Waals surface area contributed by atoms with Crippen LogP contribution in [0.15, 0.2) is 29.2 Å². The van der Waals surface area contributed by atoms with Crippen molar-refractivity contribution in [2.24, 2.45) is 23.2 Å². The minimum absolute atomic E-state index is 0.0295. The maximum absolute atomic E-state index is 13.0. The van der Waals surface area contributed by atoms with Crippen LogP contribution in [0.4, 0.5) is 0 Å². The number of fused-ring (bicyclic) bond motifs is 2. The van der Waals surface area contributed by atoms with Gasteiger partial charge in [0.25, 0.3) is 0 Å². The van der Waals surface area contributed by atoms with Crippen LogP contribution in [0.25, 0.3) is 0 Å². The lowest BCUT2D eigenvalue weighted by Crippen LogP contribution is -2.64. The molecule has 0 aromatic heterocycles. The Hall–Kier alpha value is -0.910. The summed E-state index contributed by atoms with van der Waals surface area (Å²) in [6.07, 6.45) is 2.28. The predicted molar refractivity (Wildman–Crippen MR) is 107 cm³/mol. The number of sulfonamides is 1. The number of rotatable bonds is 7. The SMILES string of the molecule is CCN(CC)C[C@H]1C[C@H]2C[C@@H]([C@H]1NS(=O)(=O)c1ccc(C)cc1)C2(C)C. The number of nitrogens with one attached hydrogen (secondary N) is 1. The minimum atomic E-state index is -3.49. The smallest absolute Gasteiger partial charge is 0.240 e. The highest BCUT2D eigenvalue weighted by Crippen LogP contribution is 2.60. The summed E-state index contributed by atoms with van der Waals surface area (Å²) < 4.78 is 29.2. The number of aryl methyl sites for hydroxylation is 1. The lowest BCUT2D eigenvalue weighted by molar-refractivity contribution is -0.113. The van der Waals surface area contributed by atoms with E-state index in [1.165, 1.54) is 0 Å². The largest absolute Gasteiger partial charge is 0.304 e. The molecule has 0 amide bonds. The fraction of sp³-hybridized carbons (Fsp3) is 0.714. The van der Waals surface area contributed by atoms with Crippen LogP contribution < -0.4 is 4.72 Å². The Morgan fingerprint density at radius 3 is 2.27 bits per heavy atom. The summed E-state index contributed by atoms with van der Waals surface area (Å²) in [5, 5.41) is 0. The van der Waals surface area contributed by atoms with Gasteiger partial charge in [0.05, 0.1) is 4.90 Å². The van der Waals surface area contributed by atoms with Crippen LogP contribution in [0.1, 0.15) is 46.1 Å². The zero-order valence-electron chi connectivity index (χ0n) is 16.8. The van der Waals surface area contributed by atoms with Crippen LogP contribution in [0.2, 0.25) is 0 Å². The molecule has 2 bridgehead atoms. The molecule has 0 unspecified atom stereocenters. The predicted octanol–water partition coefficient (Wildman–Crippen LogP) is 3.67. The molecule has 0 saturated heterocycles. The van der Waals surface area contributed by atoms with Crippen molar-refractivity contribution in [3.8, 4) is 0 Å². The first-order valence-corrected chi connectivity index (χ1v) is 11.5. The van der Waals surface area contributed by atoms with Gasteiger partial charge in [-0.2, -0.15) is 0 Å². The van der Waals surface area contributed by atoms with E-state index in [2.05, 4.69) is 37.3 Å². The third kappa shape index (κ3) is 3.58. The second kappa shape index (κ2) is 7.25. The molecule has 3 fully saturated rings. The van der Waals surface area contributed by atoms with E-state index in [-0.39, 0.29) is 11.5 Å². The maximum atomic E-state index is 13.0. The van der Waals surface area contributed by atoms with Gasteiger partial charge in [0.15, 0.2) is 0 Å². The molecule has 1 N–H and O–H groups in total. The molecule has 0 spiro atoms. The summed E-state index contributed by atoms with van der Waals surface area (Å²) in [5.74, 6) is 1.56. The summed E-state index contributed by atoms with van der Waals surface area (Å²) in [7, 11) is -3.49. The third-order valence-corrected chi connectivity index (χ3v) is 8.56. The van der Waals surface area contributed by atoms with E-state index in [1.807, 2.05) is 19.1 Å². The molecule has 5 heteroatoms. The van der Waals surface area contributed by atoms with Gasteiger partial charge in [-0.15, -0.1) is 0 Å². The van der Waals surface area contributed by atoms with Crippen molar-refractivity contribution in [3.05, 3.63) is 29.8 Å². The minimum Gasteiger partial charge on any atom is -0.304 e. The average Bonchev–Trinajstić information content (AvgIpc) is 2.60. The highest BCUT2D eigenvalue weighted by molar-refractivity contribution is 7.89. The Bertz CT molecular complexity index is 721. The van der Waals surface area contributed by atoms with Crippen molar-refractivity contribution in [2.75, 3.05) is 19.6 Å². The van der Waals surface area contributed by atoms with Gasteiger partial charge in [-0.05, 0) is 68.2 Å². The number of hydrogen-bond acceptors (Lipinski definition) is 3. The van der Waals surface area contributed by atoms with Crippen molar-refractivity contribution in [1.82, 2.24) is 9.62 Å². The fourth-order valence-electron chi connectivity index (χ4n) is 5.05. The maximum Gasteiger partial charge on any atom is 0.240 e. The standard InChI is InChI=1S/C21H34N2O2S/c1-6-23(7-2)14-16-12-17-13-19(21(17,4)5)20(16)22-26(24,25)18-10-8-15(3)9-11-18/h8-11,16-17,19-20,22H,6-7,12-14H2,1-5H3/t16-,17+,19+,20+/m1/s1. The Morgan fingerprint density at radius 1 is 1.12 bits per heavy atom. The molecular formula is C21H34N2O2S. The van der Waals surface area contributed by atoms with E-state index in [0.29, 0.717) is 16.7 Å². The van der Waals surface area contributed by atoms with E-state index < -0.39 is 10.0 Å². The van der Waals surface area contributed by atoms with Crippen LogP contribution >= 0.6 is 0 Å². The lowest BCUT2D eigenvalue weighted by Gasteiger charge is -2.62. The summed E-state index contributed by atoms with van der Waals surface area (Å²) in [5.41, 5.74) is 1.31. The molecule has 3 aliphatic rings. The molecule has 3 saturated carbocycles. The Morgan fingerprint density at radius 2 is 1.73 bits per heavy atom. The Labute approximate surface area is 159 Å². The van der Waals surface area contributed by atoms with Crippen LogP contribution in [0.5, 0.6) is 0 Å². The fourth-order valence-corrected chi connectivity index (χ4v) is 6.40. The molecular weight excluding hydrogens is 344 g/mol. The second-order valence-corrected chi connectivity index (χ2v) is 10.5. The van der Waals surface area contributed by atoms with Gasteiger partial charge in [0.1, 0.15) is 0 Å². The number of benzene rings is 1. The average molecular weight is 379 g/mol. The first kappa shape index (κ1) is 19.8. The highest BCUT2D eigenvalue weighted by atomic mass is 32.2. The first-order valence-electron chi connectivity index (χ1n) is 10.00. The van der Waals surface area contributed by atoms with E-state index >= 15 is 0 Å². The van der Waals surface area contributed by atoms with Crippen molar-refractivity contribution in [1.29, 1.82) is 0 Å². The quantitative estimate of drug-likeness (QED) is 0.788. The molecule has 146 valence electrons. The van der Waals surface area contributed by atoms with E-state index in [9.17, 15) is 8.42 Å². The summed E-state index contributed by atoms with van der Waals surface area (Å²) >= 11 is 0. The van der Waals surface area contributed by atoms with Crippen molar-refractivity contribution >= 4 is 10.0 Å². The van der Waals surface area contributed by atoms with Crippen LogP contribution in [-0.2, 0) is 10.0 Å². The van der Waals surface area contributed by atoms with Crippen LogP contribution in [0, 0.1) is 30.1 Å². The molecule has 0 radical (unpaired) electrons. The third-order valence-electron chi connectivity index (χ3n) is 7.08. The molecule has 3 aliphatic carbocycles. The van der Waals surface area contributed by atoms with Gasteiger partial charge in [-0.25, -0.2) is 13.1 Å². The van der Waals surface area contributed by atoms with Crippen molar-refractivity contribution in [2.45, 2.75) is 58.4 Å². The van der Waals surface area contributed by atoms with E-state index in [1.54, 1.807) is 12.1 Å². The number of nitrogens with zero attached hydrogens (tertiary/aromatic N) is 1. The molecule has 0 aliphatic heterocycles. The van der Waals surface area contributed by atoms with Gasteiger partial charge in [0, 0.05) is 12.6 Å². The Balaban J connectivity index is 1.84. The summed E-state index contributed by atoms with van der Waals surface area (Å²) in [6.45, 7) is 14.0. The molecule has 0 heterocycles. The number of hydrogen-bond donors (Lipinski definition) is 1. The van der Waals surface area contributed by atoms with Crippen molar-refractivity contribution < 1.29 is 8.42 Å². The van der Waals surface area contributed by atoms with Crippen LogP contribution in [0.3, 0.4) is 0 Å². The van der Waals surface area contributed by atoms with Crippen LogP contribution in [-0.4, -0.2) is 39.0 Å². The van der Waals surface area contributed by atoms with Gasteiger partial charge < -0.3 is 4.90 Å². The zero-order valence-corrected chi connectivity index (χ0v) is 17.6. The van der Waals surface area contributed by atoms with Gasteiger partial charge in [0.2, 0.25) is 10.0 Å². The molecule has 1 aromatic rings. The van der Waals surface area contributed by atoms with Gasteiger partial charge >= 0.3 is 0 Å². The normalized spacial score (nSPS) is 30.2. The van der Waals surface area contributed by atoms with E-state index in [4.69, 9.17) is 0 Å². The van der Waals surface area contributed by atoms with Gasteiger partial charge in [-0.1, -0.05) is 45.4 Å². The topological polar surface area (TPSA) is 49.4 Å². The second-order valence-electron chi connectivity index (χ2n) is 8.80. The zero-order chi connectivity index (χ0) is 19.1.